The predicted octanol–water partition coefficient (Wildman–Crippen LogP) is 3.22. The summed E-state index contributed by atoms with van der Waals surface area (Å²) < 4.78 is 5.50. The van der Waals surface area contributed by atoms with Crippen LogP contribution in [-0.4, -0.2) is 39.6 Å². The van der Waals surface area contributed by atoms with Crippen LogP contribution in [-0.2, 0) is 9.53 Å². The largest absolute Gasteiger partial charge is 0.460 e. The van der Waals surface area contributed by atoms with Gasteiger partial charge in [-0.2, -0.15) is 0 Å². The van der Waals surface area contributed by atoms with Crippen molar-refractivity contribution in [2.45, 2.75) is 46.1 Å². The highest BCUT2D eigenvalue weighted by molar-refractivity contribution is 5.85. The number of anilines is 1. The number of aromatic nitrogens is 3. The summed E-state index contributed by atoms with van der Waals surface area (Å²) in [5.41, 5.74) is 2.07. The van der Waals surface area contributed by atoms with E-state index in [1.165, 1.54) is 0 Å². The summed E-state index contributed by atoms with van der Waals surface area (Å²) in [7, 11) is 0. The summed E-state index contributed by atoms with van der Waals surface area (Å²) in [5, 5.41) is 0. The first-order valence-corrected chi connectivity index (χ1v) is 8.84. The molecule has 1 saturated heterocycles. The second-order valence-corrected chi connectivity index (χ2v) is 7.96. The number of carbonyl (C=O) groups is 1. The zero-order valence-electron chi connectivity index (χ0n) is 15.4. The Hall–Kier alpha value is -2.24. The van der Waals surface area contributed by atoms with E-state index >= 15 is 0 Å². The molecule has 6 nitrogen and oxygen atoms in total. The first-order valence-electron chi connectivity index (χ1n) is 8.84. The predicted molar refractivity (Wildman–Crippen MR) is 97.3 cm³/mol. The molecular formula is C19H26N4O2. The van der Waals surface area contributed by atoms with Crippen molar-refractivity contribution in [3.8, 4) is 0 Å². The zero-order valence-corrected chi connectivity index (χ0v) is 15.4. The fraction of sp³-hybridized carbons (Fsp3) is 0.579. The van der Waals surface area contributed by atoms with Crippen LogP contribution in [0.1, 0.15) is 40.5 Å². The van der Waals surface area contributed by atoms with E-state index in [0.29, 0.717) is 18.0 Å². The van der Waals surface area contributed by atoms with Crippen molar-refractivity contribution < 1.29 is 9.53 Å². The molecule has 2 aromatic rings. The van der Waals surface area contributed by atoms with E-state index in [2.05, 4.69) is 26.8 Å². The lowest BCUT2D eigenvalue weighted by atomic mass is 9.88. The molecule has 2 aromatic heterocycles. The van der Waals surface area contributed by atoms with Crippen LogP contribution in [0.3, 0.4) is 0 Å². The molecule has 1 aliphatic heterocycles. The van der Waals surface area contributed by atoms with Gasteiger partial charge in [0.25, 0.3) is 0 Å². The standard InChI is InChI=1S/C19H26N4O2/c1-13-9-14(10-16(24)25-19(2,3)4)12-23(11-13)15-5-6-21-18-17(15)20-7-8-22-18/h5-8,13-14H,9-12H2,1-4H3/t13-,14-/m0/s1. The van der Waals surface area contributed by atoms with Crippen molar-refractivity contribution >= 4 is 22.8 Å². The minimum atomic E-state index is -0.437. The molecule has 0 unspecified atom stereocenters. The Morgan fingerprint density at radius 1 is 1.20 bits per heavy atom. The summed E-state index contributed by atoms with van der Waals surface area (Å²) in [6.07, 6.45) is 6.61. The van der Waals surface area contributed by atoms with Crippen LogP contribution in [0.4, 0.5) is 5.69 Å². The molecule has 0 radical (unpaired) electrons. The number of fused-ring (bicyclic) bond motifs is 1. The van der Waals surface area contributed by atoms with Crippen LogP contribution in [0.2, 0.25) is 0 Å². The molecule has 134 valence electrons. The van der Waals surface area contributed by atoms with E-state index < -0.39 is 5.60 Å². The highest BCUT2D eigenvalue weighted by Crippen LogP contribution is 2.31. The van der Waals surface area contributed by atoms with E-state index in [1.807, 2.05) is 26.8 Å². The molecule has 0 spiro atoms. The van der Waals surface area contributed by atoms with Crippen molar-refractivity contribution in [3.63, 3.8) is 0 Å². The fourth-order valence-corrected chi connectivity index (χ4v) is 3.56. The average molecular weight is 342 g/mol. The quantitative estimate of drug-likeness (QED) is 0.798. The number of ether oxygens (including phenoxy) is 1. The Labute approximate surface area is 148 Å². The molecule has 0 N–H and O–H groups in total. The third kappa shape index (κ3) is 4.44. The highest BCUT2D eigenvalue weighted by atomic mass is 16.6. The molecular weight excluding hydrogens is 316 g/mol. The van der Waals surface area contributed by atoms with Crippen molar-refractivity contribution in [1.29, 1.82) is 0 Å². The van der Waals surface area contributed by atoms with Gasteiger partial charge >= 0.3 is 5.97 Å². The Morgan fingerprint density at radius 2 is 1.92 bits per heavy atom. The normalized spacial score (nSPS) is 21.4. The maximum absolute atomic E-state index is 12.2. The maximum Gasteiger partial charge on any atom is 0.306 e. The molecule has 3 rings (SSSR count). The van der Waals surface area contributed by atoms with E-state index in [0.717, 1.165) is 30.7 Å². The molecule has 3 heterocycles. The first-order chi connectivity index (χ1) is 11.8. The van der Waals surface area contributed by atoms with Gasteiger partial charge in [-0.15, -0.1) is 0 Å². The number of carbonyl (C=O) groups excluding carboxylic acids is 1. The Bertz CT molecular complexity index is 751. The number of pyridine rings is 1. The summed E-state index contributed by atoms with van der Waals surface area (Å²) in [4.78, 5) is 27.6. The van der Waals surface area contributed by atoms with Gasteiger partial charge in [0.1, 0.15) is 11.1 Å². The molecule has 2 atom stereocenters. The SMILES string of the molecule is C[C@H]1C[C@@H](CC(=O)OC(C)(C)C)CN(c2ccnc3nccnc23)C1. The van der Waals surface area contributed by atoms with Crippen LogP contribution >= 0.6 is 0 Å². The summed E-state index contributed by atoms with van der Waals surface area (Å²) >= 11 is 0. The van der Waals surface area contributed by atoms with Crippen molar-refractivity contribution in [2.75, 3.05) is 18.0 Å². The number of esters is 1. The summed E-state index contributed by atoms with van der Waals surface area (Å²) in [6, 6.07) is 1.99. The van der Waals surface area contributed by atoms with Crippen molar-refractivity contribution in [2.24, 2.45) is 11.8 Å². The van der Waals surface area contributed by atoms with E-state index in [1.54, 1.807) is 18.6 Å². The van der Waals surface area contributed by atoms with E-state index in [4.69, 9.17) is 4.74 Å². The van der Waals surface area contributed by atoms with Crippen LogP contribution in [0.25, 0.3) is 11.2 Å². The van der Waals surface area contributed by atoms with Gasteiger partial charge in [0.15, 0.2) is 5.65 Å². The molecule has 1 fully saturated rings. The van der Waals surface area contributed by atoms with Gasteiger partial charge in [0.05, 0.1) is 12.1 Å². The number of nitrogens with zero attached hydrogens (tertiary/aromatic N) is 4. The van der Waals surface area contributed by atoms with Crippen LogP contribution in [0.15, 0.2) is 24.7 Å². The van der Waals surface area contributed by atoms with Crippen molar-refractivity contribution in [3.05, 3.63) is 24.7 Å². The lowest BCUT2D eigenvalue weighted by Crippen LogP contribution is -2.41. The average Bonchev–Trinajstić information content (AvgIpc) is 2.51. The highest BCUT2D eigenvalue weighted by Gasteiger charge is 2.29. The molecule has 6 heteroatoms. The number of piperidine rings is 1. The lowest BCUT2D eigenvalue weighted by molar-refractivity contribution is -0.156. The third-order valence-electron chi connectivity index (χ3n) is 4.31. The molecule has 0 aliphatic carbocycles. The minimum Gasteiger partial charge on any atom is -0.460 e. The second kappa shape index (κ2) is 6.94. The Kier molecular flexibility index (Phi) is 4.88. The monoisotopic (exact) mass is 342 g/mol. The summed E-state index contributed by atoms with van der Waals surface area (Å²) in [5.74, 6) is 0.658. The van der Waals surface area contributed by atoms with Crippen LogP contribution in [0.5, 0.6) is 0 Å². The van der Waals surface area contributed by atoms with Gasteiger partial charge < -0.3 is 9.64 Å². The summed E-state index contributed by atoms with van der Waals surface area (Å²) in [6.45, 7) is 9.70. The van der Waals surface area contributed by atoms with Gasteiger partial charge in [0.2, 0.25) is 0 Å². The van der Waals surface area contributed by atoms with Crippen LogP contribution in [0, 0.1) is 11.8 Å². The minimum absolute atomic E-state index is 0.120. The van der Waals surface area contributed by atoms with Gasteiger partial charge in [-0.1, -0.05) is 6.92 Å². The van der Waals surface area contributed by atoms with Crippen LogP contribution < -0.4 is 4.90 Å². The fourth-order valence-electron chi connectivity index (χ4n) is 3.56. The zero-order chi connectivity index (χ0) is 18.0. The van der Waals surface area contributed by atoms with E-state index in [9.17, 15) is 4.79 Å². The first kappa shape index (κ1) is 17.6. The smallest absolute Gasteiger partial charge is 0.306 e. The Morgan fingerprint density at radius 3 is 2.68 bits per heavy atom. The second-order valence-electron chi connectivity index (χ2n) is 7.96. The van der Waals surface area contributed by atoms with E-state index in [-0.39, 0.29) is 11.9 Å². The molecule has 0 amide bonds. The molecule has 0 saturated carbocycles. The maximum atomic E-state index is 12.2. The molecule has 1 aliphatic rings. The van der Waals surface area contributed by atoms with Gasteiger partial charge in [-0.25, -0.2) is 15.0 Å². The topological polar surface area (TPSA) is 68.2 Å². The lowest BCUT2D eigenvalue weighted by Gasteiger charge is -2.38. The molecule has 25 heavy (non-hydrogen) atoms. The number of rotatable bonds is 3. The van der Waals surface area contributed by atoms with Crippen molar-refractivity contribution in [1.82, 2.24) is 15.0 Å². The number of hydrogen-bond donors (Lipinski definition) is 0. The third-order valence-corrected chi connectivity index (χ3v) is 4.31. The molecule has 0 aromatic carbocycles. The Balaban J connectivity index is 1.77. The molecule has 0 bridgehead atoms. The van der Waals surface area contributed by atoms with Gasteiger partial charge in [-0.3, -0.25) is 4.79 Å². The number of hydrogen-bond acceptors (Lipinski definition) is 6. The van der Waals surface area contributed by atoms with Gasteiger partial charge in [-0.05, 0) is 45.1 Å². The van der Waals surface area contributed by atoms with Gasteiger partial charge in [0, 0.05) is 31.7 Å².